The highest BCUT2D eigenvalue weighted by molar-refractivity contribution is 9.09. The van der Waals surface area contributed by atoms with Crippen molar-refractivity contribution in [2.45, 2.75) is 60.0 Å². The second kappa shape index (κ2) is 12.4. The number of carbonyl (C=O) groups is 3. The van der Waals surface area contributed by atoms with Crippen LogP contribution < -0.4 is 4.90 Å². The van der Waals surface area contributed by atoms with Crippen molar-refractivity contribution in [3.05, 3.63) is 54.6 Å². The summed E-state index contributed by atoms with van der Waals surface area (Å²) in [5.41, 5.74) is 0.522. The minimum absolute atomic E-state index is 0.0717. The predicted octanol–water partition coefficient (Wildman–Crippen LogP) is 4.85. The van der Waals surface area contributed by atoms with Crippen LogP contribution in [0.3, 0.4) is 0 Å². The molecule has 39 heavy (non-hydrogen) atoms. The molecule has 0 aromatic heterocycles. The first kappa shape index (κ1) is 30.2. The maximum absolute atomic E-state index is 14.7. The Labute approximate surface area is 248 Å². The van der Waals surface area contributed by atoms with Crippen LogP contribution in [0.2, 0.25) is 5.02 Å². The van der Waals surface area contributed by atoms with Gasteiger partial charge in [-0.3, -0.25) is 14.4 Å². The summed E-state index contributed by atoms with van der Waals surface area (Å²) in [5.74, 6) is -2.50. The van der Waals surface area contributed by atoms with Gasteiger partial charge in [0.2, 0.25) is 5.91 Å². The molecule has 212 valence electrons. The predicted molar refractivity (Wildman–Crippen MR) is 159 cm³/mol. The highest BCUT2D eigenvalue weighted by Gasteiger charge is 2.77. The third-order valence-corrected chi connectivity index (χ3v) is 11.9. The Morgan fingerprint density at radius 3 is 2.69 bits per heavy atom. The third kappa shape index (κ3) is 5.09. The maximum atomic E-state index is 14.7. The van der Waals surface area contributed by atoms with Gasteiger partial charge in [0.15, 0.2) is 0 Å². The lowest BCUT2D eigenvalue weighted by atomic mass is 9.71. The van der Waals surface area contributed by atoms with E-state index in [2.05, 4.69) is 29.1 Å². The fraction of sp³-hybridized carbons (Fsp3) is 0.552. The van der Waals surface area contributed by atoms with Gasteiger partial charge in [0, 0.05) is 16.6 Å². The van der Waals surface area contributed by atoms with Gasteiger partial charge in [0.1, 0.15) is 6.04 Å². The number of rotatable bonds is 12. The van der Waals surface area contributed by atoms with Crippen molar-refractivity contribution in [2.24, 2.45) is 17.8 Å². The van der Waals surface area contributed by atoms with E-state index in [1.54, 1.807) is 58.0 Å². The number of thioether (sulfide) groups is 1. The number of anilines is 1. The monoisotopic (exact) mass is 638 g/mol. The molecule has 1 aromatic rings. The van der Waals surface area contributed by atoms with Crippen LogP contribution in [0.15, 0.2) is 49.6 Å². The van der Waals surface area contributed by atoms with E-state index in [0.29, 0.717) is 30.0 Å². The molecule has 3 fully saturated rings. The fourth-order valence-electron chi connectivity index (χ4n) is 6.38. The molecule has 2 amide bonds. The second-order valence-electron chi connectivity index (χ2n) is 10.5. The number of aliphatic hydroxyl groups is 1. The Kier molecular flexibility index (Phi) is 9.56. The van der Waals surface area contributed by atoms with Crippen molar-refractivity contribution in [3.8, 4) is 0 Å². The molecule has 7 nitrogen and oxygen atoms in total. The molecule has 0 radical (unpaired) electrons. The summed E-state index contributed by atoms with van der Waals surface area (Å²) < 4.78 is 4.72. The Morgan fingerprint density at radius 2 is 2.08 bits per heavy atom. The summed E-state index contributed by atoms with van der Waals surface area (Å²) in [6, 6.07) is 5.59. The summed E-state index contributed by atoms with van der Waals surface area (Å²) in [7, 11) is 0. The van der Waals surface area contributed by atoms with E-state index in [9.17, 15) is 19.5 Å². The molecule has 3 aliphatic heterocycles. The maximum Gasteiger partial charge on any atom is 0.310 e. The van der Waals surface area contributed by atoms with Gasteiger partial charge in [0.25, 0.3) is 5.91 Å². The van der Waals surface area contributed by atoms with Crippen molar-refractivity contribution in [3.63, 3.8) is 0 Å². The standard InChI is InChI=1S/C29H36BrClN2O5S/c1-5-8-14-38-28(37)22-23-26(35)33(21(16-34)17(4)7-3)25(29(23)15-18(30)24(22)39-29)27(36)32(13-6-2)20-12-10-9-11-19(20)31/h5-6,9-12,17-18,21-25,34H,1-2,7-8,13-16H2,3-4H3/t17-,18?,21-,22-,23-,24-,25?,29?/m0/s1. The lowest BCUT2D eigenvalue weighted by Gasteiger charge is -2.41. The van der Waals surface area contributed by atoms with Crippen molar-refractivity contribution in [2.75, 3.05) is 24.7 Å². The van der Waals surface area contributed by atoms with Gasteiger partial charge >= 0.3 is 5.97 Å². The average Bonchev–Trinajstić information content (AvgIpc) is 3.51. The van der Waals surface area contributed by atoms with Crippen molar-refractivity contribution in [1.29, 1.82) is 0 Å². The largest absolute Gasteiger partial charge is 0.465 e. The molecule has 2 bridgehead atoms. The van der Waals surface area contributed by atoms with Crippen LogP contribution in [-0.4, -0.2) is 74.5 Å². The van der Waals surface area contributed by atoms with E-state index in [-0.39, 0.29) is 47.6 Å². The minimum Gasteiger partial charge on any atom is -0.465 e. The first-order valence-electron chi connectivity index (χ1n) is 13.4. The number of halogens is 2. The molecule has 10 heteroatoms. The molecule has 8 atom stereocenters. The zero-order chi connectivity index (χ0) is 28.5. The molecule has 1 spiro atoms. The Bertz CT molecular complexity index is 1140. The molecule has 3 saturated heterocycles. The smallest absolute Gasteiger partial charge is 0.310 e. The number of esters is 1. The summed E-state index contributed by atoms with van der Waals surface area (Å²) in [5, 5.41) is 10.7. The zero-order valence-corrected chi connectivity index (χ0v) is 25.5. The SMILES string of the molecule is C=CCCOC(=O)[C@H]1[C@H]2C(=O)N([C@@H](CO)[C@@H](C)CC)C(C(=O)N(CC=C)c3ccccc3Cl)C23CC(Br)[C@@H]1S3. The van der Waals surface area contributed by atoms with Crippen molar-refractivity contribution in [1.82, 2.24) is 4.90 Å². The molecule has 0 aliphatic carbocycles. The normalized spacial score (nSPS) is 30.5. The van der Waals surface area contributed by atoms with Crippen LogP contribution in [0.1, 0.15) is 33.1 Å². The average molecular weight is 640 g/mol. The van der Waals surface area contributed by atoms with E-state index in [1.165, 1.54) is 0 Å². The molecule has 1 N–H and O–H groups in total. The number of carbonyl (C=O) groups excluding carboxylic acids is 3. The number of ether oxygens (including phenoxy) is 1. The van der Waals surface area contributed by atoms with E-state index < -0.39 is 34.6 Å². The fourth-order valence-corrected chi connectivity index (χ4v) is 10.2. The van der Waals surface area contributed by atoms with Crippen LogP contribution in [0.4, 0.5) is 5.69 Å². The second-order valence-corrected chi connectivity index (χ2v) is 13.6. The van der Waals surface area contributed by atoms with Gasteiger partial charge in [-0.15, -0.1) is 24.9 Å². The number of hydrogen-bond donors (Lipinski definition) is 1. The molecular formula is C29H36BrClN2O5S. The van der Waals surface area contributed by atoms with E-state index >= 15 is 0 Å². The summed E-state index contributed by atoms with van der Waals surface area (Å²) in [4.78, 5) is 45.6. The molecular weight excluding hydrogens is 604 g/mol. The highest BCUT2D eigenvalue weighted by atomic mass is 79.9. The van der Waals surface area contributed by atoms with Crippen LogP contribution in [-0.2, 0) is 19.1 Å². The van der Waals surface area contributed by atoms with Gasteiger partial charge in [-0.2, -0.15) is 0 Å². The molecule has 0 saturated carbocycles. The Morgan fingerprint density at radius 1 is 1.36 bits per heavy atom. The first-order chi connectivity index (χ1) is 18.7. The number of fused-ring (bicyclic) bond motifs is 1. The lowest BCUT2D eigenvalue weighted by molar-refractivity contribution is -0.154. The number of aliphatic hydroxyl groups excluding tert-OH is 1. The quantitative estimate of drug-likeness (QED) is 0.152. The molecule has 3 heterocycles. The molecule has 3 aliphatic rings. The Hall–Kier alpha value is -1.81. The number of amides is 2. The number of nitrogens with zero attached hydrogens (tertiary/aromatic N) is 2. The van der Waals surface area contributed by atoms with E-state index in [1.807, 2.05) is 13.8 Å². The third-order valence-electron chi connectivity index (χ3n) is 8.37. The van der Waals surface area contributed by atoms with E-state index in [0.717, 1.165) is 0 Å². The van der Waals surface area contributed by atoms with Crippen LogP contribution in [0.5, 0.6) is 0 Å². The van der Waals surface area contributed by atoms with Gasteiger partial charge in [-0.1, -0.05) is 72.1 Å². The highest BCUT2D eigenvalue weighted by Crippen LogP contribution is 2.68. The summed E-state index contributed by atoms with van der Waals surface area (Å²) >= 11 is 11.8. The first-order valence-corrected chi connectivity index (χ1v) is 15.5. The lowest BCUT2D eigenvalue weighted by Crippen LogP contribution is -2.59. The molecule has 3 unspecified atom stereocenters. The number of likely N-dealkylation sites (tertiary alicyclic amines) is 1. The molecule has 4 rings (SSSR count). The Balaban J connectivity index is 1.84. The van der Waals surface area contributed by atoms with Crippen molar-refractivity contribution >= 4 is 62.8 Å². The van der Waals surface area contributed by atoms with Crippen molar-refractivity contribution < 1.29 is 24.2 Å². The van der Waals surface area contributed by atoms with Gasteiger partial charge in [0.05, 0.1) is 46.5 Å². The van der Waals surface area contributed by atoms with Crippen LogP contribution in [0, 0.1) is 17.8 Å². The summed E-state index contributed by atoms with van der Waals surface area (Å²) in [6.07, 6.45) is 5.06. The van der Waals surface area contributed by atoms with Crippen LogP contribution >= 0.6 is 39.3 Å². The minimum atomic E-state index is -0.904. The number of alkyl halides is 1. The van der Waals surface area contributed by atoms with Gasteiger partial charge < -0.3 is 19.6 Å². The topological polar surface area (TPSA) is 87.1 Å². The van der Waals surface area contributed by atoms with Crippen LogP contribution in [0.25, 0.3) is 0 Å². The number of benzene rings is 1. The number of para-hydroxylation sites is 1. The zero-order valence-electron chi connectivity index (χ0n) is 22.3. The summed E-state index contributed by atoms with van der Waals surface area (Å²) in [6.45, 7) is 11.6. The van der Waals surface area contributed by atoms with E-state index in [4.69, 9.17) is 16.3 Å². The van der Waals surface area contributed by atoms with Gasteiger partial charge in [-0.25, -0.2) is 0 Å². The number of hydrogen-bond acceptors (Lipinski definition) is 6. The molecule has 1 aromatic carbocycles. The van der Waals surface area contributed by atoms with Gasteiger partial charge in [-0.05, 0) is 30.9 Å².